The van der Waals surface area contributed by atoms with Crippen LogP contribution in [0.5, 0.6) is 0 Å². The van der Waals surface area contributed by atoms with E-state index in [0.29, 0.717) is 17.7 Å². The van der Waals surface area contributed by atoms with Gasteiger partial charge in [0.1, 0.15) is 0 Å². The Balaban J connectivity index is 1.33. The molecule has 1 aromatic carbocycles. The Morgan fingerprint density at radius 1 is 1.04 bits per heavy atom. The first-order valence-corrected chi connectivity index (χ1v) is 9.65. The molecule has 2 aromatic rings. The zero-order valence-corrected chi connectivity index (χ0v) is 14.5. The number of aromatic amines is 1. The number of hydrogen-bond donors (Lipinski definition) is 1. The molecule has 4 rings (SSSR count). The van der Waals surface area contributed by atoms with Crippen LogP contribution in [0.2, 0.25) is 0 Å². The second-order valence-corrected chi connectivity index (χ2v) is 7.67. The number of nitrogens with zero attached hydrogens (tertiary/aromatic N) is 1. The number of hydrogen-bond acceptors (Lipinski definition) is 1. The van der Waals surface area contributed by atoms with E-state index in [1.54, 1.807) is 0 Å². The standard InChI is InChI=1S/C21H28N2O/c24-21(17-6-2-1-3-7-17)23-12-10-16(11-13-23)14-18-15-22-20-9-5-4-8-19(18)20/h4-5,8-9,15-17,22H,1-3,6-7,10-14H2. The Bertz CT molecular complexity index is 691. The smallest absolute Gasteiger partial charge is 0.225 e. The Labute approximate surface area is 144 Å². The van der Waals surface area contributed by atoms with E-state index in [4.69, 9.17) is 0 Å². The summed E-state index contributed by atoms with van der Waals surface area (Å²) in [5.41, 5.74) is 2.67. The molecule has 1 saturated heterocycles. The maximum absolute atomic E-state index is 12.7. The zero-order valence-electron chi connectivity index (χ0n) is 14.5. The SMILES string of the molecule is O=C(C1CCCCC1)N1CCC(Cc2c[nH]c3ccccc23)CC1. The number of H-pyrrole nitrogens is 1. The summed E-state index contributed by atoms with van der Waals surface area (Å²) in [4.78, 5) is 18.2. The highest BCUT2D eigenvalue weighted by molar-refractivity contribution is 5.83. The third kappa shape index (κ3) is 3.22. The van der Waals surface area contributed by atoms with E-state index in [0.717, 1.165) is 45.2 Å². The lowest BCUT2D eigenvalue weighted by Gasteiger charge is -2.35. The molecule has 0 bridgehead atoms. The summed E-state index contributed by atoms with van der Waals surface area (Å²) >= 11 is 0. The van der Waals surface area contributed by atoms with Crippen LogP contribution in [0.3, 0.4) is 0 Å². The monoisotopic (exact) mass is 324 g/mol. The normalized spacial score (nSPS) is 20.6. The predicted octanol–water partition coefficient (Wildman–Crippen LogP) is 4.53. The van der Waals surface area contributed by atoms with Gasteiger partial charge in [-0.1, -0.05) is 37.5 Å². The van der Waals surface area contributed by atoms with Gasteiger partial charge >= 0.3 is 0 Å². The number of piperidine rings is 1. The van der Waals surface area contributed by atoms with Gasteiger partial charge in [0.25, 0.3) is 0 Å². The minimum Gasteiger partial charge on any atom is -0.361 e. The predicted molar refractivity (Wildman–Crippen MR) is 97.9 cm³/mol. The number of benzene rings is 1. The topological polar surface area (TPSA) is 36.1 Å². The third-order valence-corrected chi connectivity index (χ3v) is 6.06. The van der Waals surface area contributed by atoms with Gasteiger partial charge in [-0.25, -0.2) is 0 Å². The maximum Gasteiger partial charge on any atom is 0.225 e. The molecule has 1 saturated carbocycles. The molecule has 2 aliphatic rings. The fourth-order valence-corrected chi connectivity index (χ4v) is 4.58. The number of para-hydroxylation sites is 1. The maximum atomic E-state index is 12.7. The number of fused-ring (bicyclic) bond motifs is 1. The number of rotatable bonds is 3. The summed E-state index contributed by atoms with van der Waals surface area (Å²) in [5.74, 6) is 1.48. The van der Waals surface area contributed by atoms with E-state index >= 15 is 0 Å². The lowest BCUT2D eigenvalue weighted by molar-refractivity contribution is -0.138. The molecule has 0 radical (unpaired) electrons. The number of carbonyl (C=O) groups excluding carboxylic acids is 1. The van der Waals surface area contributed by atoms with Gasteiger partial charge in [-0.15, -0.1) is 0 Å². The van der Waals surface area contributed by atoms with Gasteiger partial charge < -0.3 is 9.88 Å². The van der Waals surface area contributed by atoms with E-state index in [-0.39, 0.29) is 0 Å². The molecule has 1 aliphatic heterocycles. The summed E-state index contributed by atoms with van der Waals surface area (Å²) in [7, 11) is 0. The molecule has 3 heteroatoms. The van der Waals surface area contributed by atoms with Crippen LogP contribution in [0.25, 0.3) is 10.9 Å². The number of amides is 1. The first-order chi connectivity index (χ1) is 11.8. The van der Waals surface area contributed by atoms with Crippen molar-refractivity contribution in [3.63, 3.8) is 0 Å². The Hall–Kier alpha value is -1.77. The van der Waals surface area contributed by atoms with Crippen LogP contribution < -0.4 is 0 Å². The fraction of sp³-hybridized carbons (Fsp3) is 0.571. The highest BCUT2D eigenvalue weighted by atomic mass is 16.2. The average molecular weight is 324 g/mol. The van der Waals surface area contributed by atoms with Crippen molar-refractivity contribution < 1.29 is 4.79 Å². The molecule has 0 unspecified atom stereocenters. The van der Waals surface area contributed by atoms with Crippen molar-refractivity contribution in [2.45, 2.75) is 51.4 Å². The summed E-state index contributed by atoms with van der Waals surface area (Å²) in [6.45, 7) is 1.92. The quantitative estimate of drug-likeness (QED) is 0.884. The van der Waals surface area contributed by atoms with Crippen LogP contribution in [0.15, 0.2) is 30.5 Å². The van der Waals surface area contributed by atoms with Gasteiger partial charge in [0.15, 0.2) is 0 Å². The Morgan fingerprint density at radius 3 is 2.58 bits per heavy atom. The van der Waals surface area contributed by atoms with Crippen LogP contribution in [-0.4, -0.2) is 28.9 Å². The molecular weight excluding hydrogens is 296 g/mol. The Morgan fingerprint density at radius 2 is 1.79 bits per heavy atom. The minimum atomic E-state index is 0.323. The lowest BCUT2D eigenvalue weighted by Crippen LogP contribution is -2.42. The molecule has 2 fully saturated rings. The van der Waals surface area contributed by atoms with Gasteiger partial charge in [0.2, 0.25) is 5.91 Å². The largest absolute Gasteiger partial charge is 0.361 e. The van der Waals surface area contributed by atoms with Crippen molar-refractivity contribution >= 4 is 16.8 Å². The van der Waals surface area contributed by atoms with Crippen molar-refractivity contribution in [2.24, 2.45) is 11.8 Å². The van der Waals surface area contributed by atoms with Crippen molar-refractivity contribution in [2.75, 3.05) is 13.1 Å². The van der Waals surface area contributed by atoms with Crippen LogP contribution in [0.1, 0.15) is 50.5 Å². The summed E-state index contributed by atoms with van der Waals surface area (Å²) in [5, 5.41) is 1.36. The summed E-state index contributed by atoms with van der Waals surface area (Å²) in [6.07, 6.45) is 11.6. The number of carbonyl (C=O) groups is 1. The van der Waals surface area contributed by atoms with Crippen molar-refractivity contribution in [3.8, 4) is 0 Å². The molecule has 2 heterocycles. The highest BCUT2D eigenvalue weighted by Gasteiger charge is 2.29. The third-order valence-electron chi connectivity index (χ3n) is 6.06. The van der Waals surface area contributed by atoms with E-state index < -0.39 is 0 Å². The molecule has 128 valence electrons. The molecule has 1 aromatic heterocycles. The van der Waals surface area contributed by atoms with Crippen molar-refractivity contribution in [3.05, 3.63) is 36.0 Å². The van der Waals surface area contributed by atoms with Crippen LogP contribution in [-0.2, 0) is 11.2 Å². The van der Waals surface area contributed by atoms with Gasteiger partial charge in [0, 0.05) is 36.1 Å². The average Bonchev–Trinajstić information content (AvgIpc) is 3.06. The lowest BCUT2D eigenvalue weighted by atomic mass is 9.86. The number of aromatic nitrogens is 1. The van der Waals surface area contributed by atoms with Crippen LogP contribution >= 0.6 is 0 Å². The molecule has 1 aliphatic carbocycles. The molecule has 1 amide bonds. The second kappa shape index (κ2) is 7.00. The number of nitrogens with one attached hydrogen (secondary N) is 1. The first-order valence-electron chi connectivity index (χ1n) is 9.65. The molecular formula is C21H28N2O. The molecule has 0 atom stereocenters. The van der Waals surface area contributed by atoms with Gasteiger partial charge in [-0.2, -0.15) is 0 Å². The molecule has 1 N–H and O–H groups in total. The molecule has 0 spiro atoms. The molecule has 3 nitrogen and oxygen atoms in total. The minimum absolute atomic E-state index is 0.323. The van der Waals surface area contributed by atoms with E-state index in [9.17, 15) is 4.79 Å². The fourth-order valence-electron chi connectivity index (χ4n) is 4.58. The van der Waals surface area contributed by atoms with Crippen LogP contribution in [0.4, 0.5) is 0 Å². The van der Waals surface area contributed by atoms with Crippen molar-refractivity contribution in [1.29, 1.82) is 0 Å². The number of likely N-dealkylation sites (tertiary alicyclic amines) is 1. The summed E-state index contributed by atoms with van der Waals surface area (Å²) in [6, 6.07) is 8.55. The molecule has 24 heavy (non-hydrogen) atoms. The highest BCUT2D eigenvalue weighted by Crippen LogP contribution is 2.29. The zero-order chi connectivity index (χ0) is 16.4. The Kier molecular flexibility index (Phi) is 4.59. The van der Waals surface area contributed by atoms with Crippen LogP contribution in [0, 0.1) is 11.8 Å². The second-order valence-electron chi connectivity index (χ2n) is 7.67. The van der Waals surface area contributed by atoms with E-state index in [2.05, 4.69) is 40.3 Å². The van der Waals surface area contributed by atoms with Gasteiger partial charge in [-0.05, 0) is 49.7 Å². The van der Waals surface area contributed by atoms with Gasteiger partial charge in [-0.3, -0.25) is 4.79 Å². The first kappa shape index (κ1) is 15.7. The van der Waals surface area contributed by atoms with Crippen molar-refractivity contribution in [1.82, 2.24) is 9.88 Å². The van der Waals surface area contributed by atoms with E-state index in [1.165, 1.54) is 35.7 Å². The van der Waals surface area contributed by atoms with E-state index in [1.807, 2.05) is 0 Å². The summed E-state index contributed by atoms with van der Waals surface area (Å²) < 4.78 is 0. The van der Waals surface area contributed by atoms with Gasteiger partial charge in [0.05, 0.1) is 0 Å².